The lowest BCUT2D eigenvalue weighted by Gasteiger charge is -2.22. The quantitative estimate of drug-likeness (QED) is 0.499. The molecule has 2 N–H and O–H groups in total. The van der Waals surface area contributed by atoms with Gasteiger partial charge in [0.05, 0.1) is 6.21 Å². The van der Waals surface area contributed by atoms with E-state index in [-0.39, 0.29) is 6.04 Å². The molecule has 20 heavy (non-hydrogen) atoms. The number of hydrazone groups is 1. The third-order valence-corrected chi connectivity index (χ3v) is 3.27. The van der Waals surface area contributed by atoms with Crippen molar-refractivity contribution in [3.63, 3.8) is 0 Å². The Morgan fingerprint density at radius 1 is 1.25 bits per heavy atom. The van der Waals surface area contributed by atoms with Crippen LogP contribution in [0, 0.1) is 6.92 Å². The van der Waals surface area contributed by atoms with Crippen molar-refractivity contribution in [3.8, 4) is 0 Å². The van der Waals surface area contributed by atoms with Gasteiger partial charge in [-0.15, -0.1) is 0 Å². The average molecular weight is 277 g/mol. The van der Waals surface area contributed by atoms with Gasteiger partial charge in [0.15, 0.2) is 0 Å². The zero-order chi connectivity index (χ0) is 14.4. The van der Waals surface area contributed by atoms with E-state index in [0.717, 1.165) is 31.4 Å². The van der Waals surface area contributed by atoms with Crippen LogP contribution in [0.25, 0.3) is 0 Å². The Hall–Kier alpha value is -2.11. The van der Waals surface area contributed by atoms with E-state index in [4.69, 9.17) is 4.42 Å². The zero-order valence-corrected chi connectivity index (χ0v) is 11.5. The summed E-state index contributed by atoms with van der Waals surface area (Å²) in [5, 5.41) is 6.41. The molecule has 0 bridgehead atoms. The Kier molecular flexibility index (Phi) is 4.92. The van der Waals surface area contributed by atoms with Crippen LogP contribution in [0.2, 0.25) is 0 Å². The van der Waals surface area contributed by atoms with Crippen molar-refractivity contribution in [2.75, 3.05) is 0 Å². The van der Waals surface area contributed by atoms with Crippen molar-refractivity contribution < 1.29 is 14.0 Å². The molecule has 0 saturated heterocycles. The zero-order valence-electron chi connectivity index (χ0n) is 11.5. The van der Waals surface area contributed by atoms with E-state index in [1.54, 1.807) is 12.1 Å². The summed E-state index contributed by atoms with van der Waals surface area (Å²) in [6.07, 6.45) is 6.64. The highest BCUT2D eigenvalue weighted by Crippen LogP contribution is 2.17. The SMILES string of the molecule is Cc1ccc(/C=N/NC(=O)C(=O)NC2CCCCC2)o1. The average Bonchev–Trinajstić information content (AvgIpc) is 2.85. The number of carbonyl (C=O) groups is 2. The molecule has 0 unspecified atom stereocenters. The normalized spacial score (nSPS) is 16.2. The number of amides is 2. The van der Waals surface area contributed by atoms with Crippen LogP contribution in [0.4, 0.5) is 0 Å². The molecule has 0 radical (unpaired) electrons. The molecule has 2 rings (SSSR count). The predicted molar refractivity (Wildman–Crippen MR) is 74.2 cm³/mol. The molecule has 0 aromatic carbocycles. The van der Waals surface area contributed by atoms with Gasteiger partial charge in [0.2, 0.25) is 0 Å². The minimum absolute atomic E-state index is 0.110. The number of hydrogen-bond acceptors (Lipinski definition) is 4. The van der Waals surface area contributed by atoms with Gasteiger partial charge >= 0.3 is 11.8 Å². The molecule has 2 amide bonds. The van der Waals surface area contributed by atoms with Gasteiger partial charge in [0.1, 0.15) is 11.5 Å². The third kappa shape index (κ3) is 4.22. The lowest BCUT2D eigenvalue weighted by molar-refractivity contribution is -0.139. The number of aryl methyl sites for hydroxylation is 1. The van der Waals surface area contributed by atoms with Crippen LogP contribution in [0.5, 0.6) is 0 Å². The largest absolute Gasteiger partial charge is 0.460 e. The maximum Gasteiger partial charge on any atom is 0.329 e. The first-order chi connectivity index (χ1) is 9.65. The van der Waals surface area contributed by atoms with Crippen molar-refractivity contribution in [1.29, 1.82) is 0 Å². The molecular formula is C14H19N3O3. The van der Waals surface area contributed by atoms with E-state index in [0.29, 0.717) is 5.76 Å². The van der Waals surface area contributed by atoms with Gasteiger partial charge in [-0.2, -0.15) is 5.10 Å². The summed E-state index contributed by atoms with van der Waals surface area (Å²) in [7, 11) is 0. The monoisotopic (exact) mass is 277 g/mol. The Morgan fingerprint density at radius 2 is 2.00 bits per heavy atom. The fraction of sp³-hybridized carbons (Fsp3) is 0.500. The summed E-state index contributed by atoms with van der Waals surface area (Å²) >= 11 is 0. The Labute approximate surface area is 117 Å². The first-order valence-corrected chi connectivity index (χ1v) is 6.85. The fourth-order valence-electron chi connectivity index (χ4n) is 2.23. The molecule has 0 aliphatic heterocycles. The Balaban J connectivity index is 1.76. The van der Waals surface area contributed by atoms with Gasteiger partial charge in [-0.25, -0.2) is 5.43 Å². The maximum atomic E-state index is 11.6. The van der Waals surface area contributed by atoms with E-state index in [1.165, 1.54) is 12.6 Å². The van der Waals surface area contributed by atoms with Crippen LogP contribution >= 0.6 is 0 Å². The smallest absolute Gasteiger partial charge is 0.329 e. The second kappa shape index (κ2) is 6.88. The van der Waals surface area contributed by atoms with Crippen molar-refractivity contribution in [2.45, 2.75) is 45.1 Å². The topological polar surface area (TPSA) is 83.7 Å². The Morgan fingerprint density at radius 3 is 2.65 bits per heavy atom. The van der Waals surface area contributed by atoms with E-state index in [1.807, 2.05) is 6.92 Å². The fourth-order valence-corrected chi connectivity index (χ4v) is 2.23. The molecule has 6 nitrogen and oxygen atoms in total. The summed E-state index contributed by atoms with van der Waals surface area (Å²) in [4.78, 5) is 23.2. The highest BCUT2D eigenvalue weighted by molar-refractivity contribution is 6.35. The van der Waals surface area contributed by atoms with Crippen LogP contribution in [0.3, 0.4) is 0 Å². The van der Waals surface area contributed by atoms with Crippen LogP contribution in [0.15, 0.2) is 21.7 Å². The molecule has 108 valence electrons. The van der Waals surface area contributed by atoms with Gasteiger partial charge < -0.3 is 9.73 Å². The minimum Gasteiger partial charge on any atom is -0.460 e. The first-order valence-electron chi connectivity index (χ1n) is 6.85. The standard InChI is InChI=1S/C14H19N3O3/c1-10-7-8-12(20-10)9-15-17-14(19)13(18)16-11-5-3-2-4-6-11/h7-9,11H,2-6H2,1H3,(H,16,18)(H,17,19)/b15-9+. The number of nitrogens with zero attached hydrogens (tertiary/aromatic N) is 1. The summed E-state index contributed by atoms with van der Waals surface area (Å²) in [5.41, 5.74) is 2.19. The van der Waals surface area contributed by atoms with E-state index in [2.05, 4.69) is 15.8 Å². The molecule has 0 atom stereocenters. The third-order valence-electron chi connectivity index (χ3n) is 3.27. The molecule has 6 heteroatoms. The van der Waals surface area contributed by atoms with Crippen molar-refractivity contribution >= 4 is 18.0 Å². The molecule has 1 fully saturated rings. The lowest BCUT2D eigenvalue weighted by atomic mass is 9.95. The number of carbonyl (C=O) groups excluding carboxylic acids is 2. The molecular weight excluding hydrogens is 258 g/mol. The molecule has 1 aromatic heterocycles. The van der Waals surface area contributed by atoms with Crippen molar-refractivity contribution in [3.05, 3.63) is 23.7 Å². The van der Waals surface area contributed by atoms with Gasteiger partial charge in [0, 0.05) is 6.04 Å². The first kappa shape index (κ1) is 14.3. The van der Waals surface area contributed by atoms with Gasteiger partial charge in [0.25, 0.3) is 0 Å². The van der Waals surface area contributed by atoms with Gasteiger partial charge in [-0.3, -0.25) is 9.59 Å². The molecule has 1 aliphatic rings. The maximum absolute atomic E-state index is 11.6. The second-order valence-electron chi connectivity index (χ2n) is 4.96. The summed E-state index contributed by atoms with van der Waals surface area (Å²) in [6, 6.07) is 3.63. The highest BCUT2D eigenvalue weighted by atomic mass is 16.3. The summed E-state index contributed by atoms with van der Waals surface area (Å²) in [5.74, 6) is -0.108. The van der Waals surface area contributed by atoms with Crippen LogP contribution < -0.4 is 10.7 Å². The lowest BCUT2D eigenvalue weighted by Crippen LogP contribution is -2.44. The van der Waals surface area contributed by atoms with Gasteiger partial charge in [-0.1, -0.05) is 19.3 Å². The van der Waals surface area contributed by atoms with Crippen LogP contribution in [-0.2, 0) is 9.59 Å². The van der Waals surface area contributed by atoms with E-state index >= 15 is 0 Å². The second-order valence-corrected chi connectivity index (χ2v) is 4.96. The van der Waals surface area contributed by atoms with Gasteiger partial charge in [-0.05, 0) is 31.9 Å². The molecule has 0 spiro atoms. The number of furan rings is 1. The highest BCUT2D eigenvalue weighted by Gasteiger charge is 2.19. The number of nitrogens with one attached hydrogen (secondary N) is 2. The van der Waals surface area contributed by atoms with Crippen molar-refractivity contribution in [2.24, 2.45) is 5.10 Å². The van der Waals surface area contributed by atoms with Crippen LogP contribution in [0.1, 0.15) is 43.6 Å². The Bertz CT molecular complexity index is 502. The van der Waals surface area contributed by atoms with Crippen molar-refractivity contribution in [1.82, 2.24) is 10.7 Å². The van der Waals surface area contributed by atoms with E-state index in [9.17, 15) is 9.59 Å². The number of rotatable bonds is 3. The predicted octanol–water partition coefficient (Wildman–Crippen LogP) is 1.49. The van der Waals surface area contributed by atoms with Crippen LogP contribution in [-0.4, -0.2) is 24.1 Å². The molecule has 1 aromatic rings. The minimum atomic E-state index is -0.755. The molecule has 1 saturated carbocycles. The number of hydrogen-bond donors (Lipinski definition) is 2. The van der Waals surface area contributed by atoms with E-state index < -0.39 is 11.8 Å². The summed E-state index contributed by atoms with van der Waals surface area (Å²) < 4.78 is 5.25. The molecule has 1 aliphatic carbocycles. The molecule has 1 heterocycles. The summed E-state index contributed by atoms with van der Waals surface area (Å²) in [6.45, 7) is 1.81.